The molecule has 7 nitrogen and oxygen atoms in total. The Morgan fingerprint density at radius 1 is 1.28 bits per heavy atom. The van der Waals surface area contributed by atoms with Crippen molar-refractivity contribution in [3.05, 3.63) is 29.8 Å². The lowest BCUT2D eigenvalue weighted by molar-refractivity contribution is 0.473. The van der Waals surface area contributed by atoms with Gasteiger partial charge in [-0.3, -0.25) is 9.55 Å². The van der Waals surface area contributed by atoms with Gasteiger partial charge in [0.25, 0.3) is 0 Å². The predicted molar refractivity (Wildman–Crippen MR) is 68.8 cm³/mol. The summed E-state index contributed by atoms with van der Waals surface area (Å²) in [7, 11) is -4.25. The third-order valence-corrected chi connectivity index (χ3v) is 2.74. The van der Waals surface area contributed by atoms with Crippen LogP contribution in [-0.4, -0.2) is 31.9 Å². The number of amidine groups is 1. The minimum Gasteiger partial charge on any atom is -0.370 e. The van der Waals surface area contributed by atoms with Gasteiger partial charge < -0.3 is 10.7 Å². The zero-order valence-corrected chi connectivity index (χ0v) is 10.4. The normalized spacial score (nSPS) is 15.7. The quantitative estimate of drug-likeness (QED) is 0.460. The van der Waals surface area contributed by atoms with E-state index in [0.29, 0.717) is 5.69 Å². The second-order valence-electron chi connectivity index (χ2n) is 3.79. The smallest absolute Gasteiger partial charge is 0.350 e. The Hall–Kier alpha value is -1.64. The van der Waals surface area contributed by atoms with Crippen molar-refractivity contribution < 1.29 is 13.0 Å². The first-order chi connectivity index (χ1) is 8.54. The lowest BCUT2D eigenvalue weighted by Gasteiger charge is -2.15. The van der Waals surface area contributed by atoms with E-state index in [2.05, 4.69) is 15.7 Å². The summed E-state index contributed by atoms with van der Waals surface area (Å²) in [5.74, 6) is 0.843. The first-order valence-corrected chi connectivity index (χ1v) is 6.87. The maximum Gasteiger partial charge on any atom is 0.350 e. The van der Waals surface area contributed by atoms with Crippen LogP contribution in [0.2, 0.25) is 0 Å². The average molecular weight is 270 g/mol. The van der Waals surface area contributed by atoms with Crippen LogP contribution in [0.4, 0.5) is 5.69 Å². The molecule has 1 aromatic rings. The van der Waals surface area contributed by atoms with Gasteiger partial charge in [0.05, 0.1) is 0 Å². The molecule has 2 rings (SSSR count). The number of nitrogens with zero attached hydrogens (tertiary/aromatic N) is 1. The molecule has 1 aromatic carbocycles. The number of hydrogen-bond donors (Lipinski definition) is 4. The Bertz CT molecular complexity index is 539. The van der Waals surface area contributed by atoms with E-state index in [0.717, 1.165) is 30.9 Å². The minimum absolute atomic E-state index is 0.521. The highest BCUT2D eigenvalue weighted by atomic mass is 32.2. The molecule has 1 heterocycles. The molecule has 0 unspecified atom stereocenters. The van der Waals surface area contributed by atoms with Crippen LogP contribution in [0.15, 0.2) is 29.3 Å². The van der Waals surface area contributed by atoms with E-state index in [-0.39, 0.29) is 0 Å². The van der Waals surface area contributed by atoms with E-state index < -0.39 is 10.3 Å². The largest absolute Gasteiger partial charge is 0.370 e. The molecule has 1 aliphatic rings. The molecular formula is C10H14N4O3S. The molecule has 0 saturated heterocycles. The molecule has 0 fully saturated rings. The molecule has 0 amide bonds. The summed E-state index contributed by atoms with van der Waals surface area (Å²) < 4.78 is 29.5. The highest BCUT2D eigenvalue weighted by Crippen LogP contribution is 2.10. The van der Waals surface area contributed by atoms with Crippen molar-refractivity contribution in [2.75, 3.05) is 18.5 Å². The van der Waals surface area contributed by atoms with Crippen molar-refractivity contribution in [3.8, 4) is 0 Å². The third kappa shape index (κ3) is 3.69. The average Bonchev–Trinajstić information content (AvgIpc) is 2.37. The topological polar surface area (TPSA) is 103 Å². The van der Waals surface area contributed by atoms with Gasteiger partial charge in [-0.25, -0.2) is 0 Å². The summed E-state index contributed by atoms with van der Waals surface area (Å²) in [6, 6.07) is 6.99. The number of anilines is 1. The van der Waals surface area contributed by atoms with Crippen LogP contribution in [0.1, 0.15) is 12.0 Å². The first-order valence-electron chi connectivity index (χ1n) is 5.43. The number of rotatable bonds is 4. The van der Waals surface area contributed by atoms with E-state index >= 15 is 0 Å². The van der Waals surface area contributed by atoms with E-state index in [1.165, 1.54) is 0 Å². The van der Waals surface area contributed by atoms with Crippen molar-refractivity contribution in [1.82, 2.24) is 10.1 Å². The summed E-state index contributed by atoms with van der Waals surface area (Å²) in [6.07, 6.45) is 1.03. The highest BCUT2D eigenvalue weighted by molar-refractivity contribution is 7.83. The Morgan fingerprint density at radius 3 is 2.56 bits per heavy atom. The fourth-order valence-electron chi connectivity index (χ4n) is 1.56. The predicted octanol–water partition coefficient (Wildman–Crippen LogP) is 0.146. The van der Waals surface area contributed by atoms with Crippen molar-refractivity contribution in [2.45, 2.75) is 6.42 Å². The van der Waals surface area contributed by atoms with Crippen molar-refractivity contribution in [3.63, 3.8) is 0 Å². The van der Waals surface area contributed by atoms with E-state index in [1.54, 1.807) is 17.0 Å². The van der Waals surface area contributed by atoms with Crippen LogP contribution >= 0.6 is 0 Å². The van der Waals surface area contributed by atoms with Crippen LogP contribution in [0.3, 0.4) is 0 Å². The summed E-state index contributed by atoms with van der Waals surface area (Å²) in [5, 5.41) is 3.19. The van der Waals surface area contributed by atoms with Crippen molar-refractivity contribution >= 4 is 21.8 Å². The zero-order valence-electron chi connectivity index (χ0n) is 9.55. The van der Waals surface area contributed by atoms with Gasteiger partial charge in [0.15, 0.2) is 0 Å². The second kappa shape index (κ2) is 5.34. The Kier molecular flexibility index (Phi) is 3.80. The number of nitrogens with one attached hydrogen (secondary N) is 3. The fourth-order valence-corrected chi connectivity index (χ4v) is 1.81. The number of hydrogen-bond acceptors (Lipinski definition) is 5. The van der Waals surface area contributed by atoms with Crippen molar-refractivity contribution in [2.24, 2.45) is 4.99 Å². The number of aliphatic imine (C=N–C) groups is 1. The number of benzene rings is 1. The maximum absolute atomic E-state index is 10.5. The van der Waals surface area contributed by atoms with Crippen LogP contribution in [0.25, 0.3) is 0 Å². The molecule has 0 aliphatic carbocycles. The van der Waals surface area contributed by atoms with Gasteiger partial charge >= 0.3 is 10.3 Å². The molecule has 4 N–H and O–H groups in total. The second-order valence-corrected chi connectivity index (χ2v) is 4.94. The Labute approximate surface area is 105 Å². The summed E-state index contributed by atoms with van der Waals surface area (Å²) in [5.41, 5.74) is 3.82. The standard InChI is InChI=1S/C10H14N4O3S/c15-18(16,17)14-13-9-4-2-8(3-5-9)10-11-6-1-7-12-10/h2-5,13-14H,1,6-7H2,(H,11,12)(H,15,16,17). The minimum atomic E-state index is -4.25. The molecule has 98 valence electrons. The highest BCUT2D eigenvalue weighted by Gasteiger charge is 2.07. The molecule has 0 bridgehead atoms. The zero-order chi connectivity index (χ0) is 13.0. The fraction of sp³-hybridized carbons (Fsp3) is 0.300. The van der Waals surface area contributed by atoms with Gasteiger partial charge in [0.2, 0.25) is 0 Å². The van der Waals surface area contributed by atoms with Crippen molar-refractivity contribution in [1.29, 1.82) is 0 Å². The molecule has 0 saturated carbocycles. The van der Waals surface area contributed by atoms with Gasteiger partial charge in [-0.1, -0.05) is 0 Å². The lowest BCUT2D eigenvalue weighted by atomic mass is 10.1. The number of hydrazine groups is 1. The molecule has 1 aliphatic heterocycles. The van der Waals surface area contributed by atoms with Crippen LogP contribution in [0, 0.1) is 0 Å². The van der Waals surface area contributed by atoms with E-state index in [9.17, 15) is 8.42 Å². The molecule has 0 radical (unpaired) electrons. The van der Waals surface area contributed by atoms with E-state index in [4.69, 9.17) is 4.55 Å². The van der Waals surface area contributed by atoms with Crippen LogP contribution in [0.5, 0.6) is 0 Å². The van der Waals surface area contributed by atoms with E-state index in [1.807, 2.05) is 12.1 Å². The van der Waals surface area contributed by atoms with Gasteiger partial charge in [-0.05, 0) is 30.7 Å². The maximum atomic E-state index is 10.5. The molecule has 18 heavy (non-hydrogen) atoms. The van der Waals surface area contributed by atoms with Gasteiger partial charge in [-0.2, -0.15) is 8.42 Å². The summed E-state index contributed by atoms with van der Waals surface area (Å²) >= 11 is 0. The van der Waals surface area contributed by atoms with Crippen LogP contribution < -0.4 is 15.6 Å². The molecule has 8 heteroatoms. The van der Waals surface area contributed by atoms with Gasteiger partial charge in [0.1, 0.15) is 5.84 Å². The Morgan fingerprint density at radius 2 is 2.00 bits per heavy atom. The SMILES string of the molecule is O=S(=O)(O)NNc1ccc(C2=NCCCN2)cc1. The van der Waals surface area contributed by atoms with Gasteiger partial charge in [-0.15, -0.1) is 4.83 Å². The third-order valence-electron chi connectivity index (χ3n) is 2.38. The monoisotopic (exact) mass is 270 g/mol. The van der Waals surface area contributed by atoms with Gasteiger partial charge in [0, 0.05) is 24.3 Å². The summed E-state index contributed by atoms with van der Waals surface area (Å²) in [4.78, 5) is 6.12. The Balaban J connectivity index is 2.03. The molecule has 0 atom stereocenters. The first kappa shape index (κ1) is 12.8. The molecular weight excluding hydrogens is 256 g/mol. The summed E-state index contributed by atoms with van der Waals surface area (Å²) in [6.45, 7) is 1.72. The molecule has 0 spiro atoms. The van der Waals surface area contributed by atoms with Crippen LogP contribution in [-0.2, 0) is 10.3 Å². The lowest BCUT2D eigenvalue weighted by Crippen LogP contribution is -2.30. The molecule has 0 aromatic heterocycles.